The minimum absolute atomic E-state index is 0.00911. The topological polar surface area (TPSA) is 202 Å². The van der Waals surface area contributed by atoms with Gasteiger partial charge < -0.3 is 15.7 Å². The molecule has 17 heteroatoms. The van der Waals surface area contributed by atoms with E-state index in [1.165, 1.54) is 28.5 Å². The average Bonchev–Trinajstić information content (AvgIpc) is 3.31. The molecule has 2 saturated heterocycles. The van der Waals surface area contributed by atoms with Crippen molar-refractivity contribution in [1.82, 2.24) is 25.1 Å². The summed E-state index contributed by atoms with van der Waals surface area (Å²) < 4.78 is 32.2. The molecular weight excluding hydrogens is 546 g/mol. The molecule has 2 fully saturated rings. The molecule has 0 aliphatic carbocycles. The number of benzene rings is 1. The Morgan fingerprint density at radius 2 is 2.08 bits per heavy atom. The SMILES string of the molecule is CC(=O)N(c1ccccc1CN)C1C(=O)N2CC(CSc3nnnn3CCS(=O)(=O)O)(C(=O)O)CS[C@H]12. The zero-order valence-corrected chi connectivity index (χ0v) is 22.1. The maximum atomic E-state index is 13.3. The molecule has 2 amide bonds. The number of aliphatic carboxylic acids is 1. The number of carboxylic acid groups (broad SMARTS) is 1. The summed E-state index contributed by atoms with van der Waals surface area (Å²) in [4.78, 5) is 41.2. The highest BCUT2D eigenvalue weighted by Crippen LogP contribution is 2.46. The minimum Gasteiger partial charge on any atom is -0.481 e. The summed E-state index contributed by atoms with van der Waals surface area (Å²) in [7, 11) is -4.24. The van der Waals surface area contributed by atoms with E-state index in [0.717, 1.165) is 16.4 Å². The van der Waals surface area contributed by atoms with Gasteiger partial charge in [0.25, 0.3) is 10.1 Å². The number of anilines is 1. The molecule has 3 atom stereocenters. The Morgan fingerprint density at radius 1 is 1.35 bits per heavy atom. The van der Waals surface area contributed by atoms with Crippen molar-refractivity contribution >= 4 is 57.1 Å². The van der Waals surface area contributed by atoms with E-state index in [9.17, 15) is 27.9 Å². The Morgan fingerprint density at radius 3 is 2.73 bits per heavy atom. The van der Waals surface area contributed by atoms with Gasteiger partial charge in [-0.2, -0.15) is 8.42 Å². The van der Waals surface area contributed by atoms with Gasteiger partial charge in [0.1, 0.15) is 16.8 Å². The number of carboxylic acids is 1. The number of β-lactam (4-membered cyclic amide) rings is 1. The number of rotatable bonds is 10. The molecule has 4 N–H and O–H groups in total. The number of aromatic nitrogens is 4. The van der Waals surface area contributed by atoms with Crippen LogP contribution < -0.4 is 10.6 Å². The van der Waals surface area contributed by atoms with Crippen molar-refractivity contribution in [3.63, 3.8) is 0 Å². The van der Waals surface area contributed by atoms with E-state index in [1.807, 2.05) is 0 Å². The monoisotopic (exact) mass is 571 g/mol. The maximum absolute atomic E-state index is 13.3. The highest BCUT2D eigenvalue weighted by molar-refractivity contribution is 8.00. The van der Waals surface area contributed by atoms with Crippen LogP contribution in [0.4, 0.5) is 5.69 Å². The summed E-state index contributed by atoms with van der Waals surface area (Å²) in [6.07, 6.45) is 0. The molecule has 3 heterocycles. The van der Waals surface area contributed by atoms with Gasteiger partial charge in [0.2, 0.25) is 17.0 Å². The molecule has 2 aliphatic heterocycles. The van der Waals surface area contributed by atoms with Crippen LogP contribution >= 0.6 is 23.5 Å². The van der Waals surface area contributed by atoms with Crippen molar-refractivity contribution in [1.29, 1.82) is 0 Å². The van der Waals surface area contributed by atoms with Crippen LogP contribution in [0.15, 0.2) is 29.4 Å². The lowest BCUT2D eigenvalue weighted by Gasteiger charge is -2.56. The highest BCUT2D eigenvalue weighted by Gasteiger charge is 2.59. The van der Waals surface area contributed by atoms with E-state index in [-0.39, 0.29) is 48.1 Å². The number of nitrogens with two attached hydrogens (primary N) is 1. The molecule has 37 heavy (non-hydrogen) atoms. The van der Waals surface area contributed by atoms with Crippen LogP contribution in [-0.2, 0) is 37.6 Å². The van der Waals surface area contributed by atoms with Gasteiger partial charge in [-0.25, -0.2) is 4.68 Å². The first kappa shape index (κ1) is 27.3. The largest absolute Gasteiger partial charge is 0.481 e. The Kier molecular flexibility index (Phi) is 7.80. The summed E-state index contributed by atoms with van der Waals surface area (Å²) in [5.41, 5.74) is 5.78. The normalized spacial score (nSPS) is 23.3. The van der Waals surface area contributed by atoms with Crippen molar-refractivity contribution in [2.45, 2.75) is 36.6 Å². The van der Waals surface area contributed by atoms with Crippen LogP contribution in [0, 0.1) is 5.41 Å². The van der Waals surface area contributed by atoms with Gasteiger partial charge in [-0.1, -0.05) is 30.0 Å². The number of tetrazole rings is 1. The van der Waals surface area contributed by atoms with Crippen LogP contribution in [0.1, 0.15) is 12.5 Å². The average molecular weight is 572 g/mol. The second-order valence-electron chi connectivity index (χ2n) is 8.68. The molecule has 2 aliphatic rings. The van der Waals surface area contributed by atoms with Crippen LogP contribution in [0.3, 0.4) is 0 Å². The van der Waals surface area contributed by atoms with Gasteiger partial charge in [-0.15, -0.1) is 16.9 Å². The molecule has 1 aromatic carbocycles. The van der Waals surface area contributed by atoms with Gasteiger partial charge >= 0.3 is 5.97 Å². The third kappa shape index (κ3) is 5.45. The lowest BCUT2D eigenvalue weighted by molar-refractivity contribution is -0.156. The summed E-state index contributed by atoms with van der Waals surface area (Å²) in [5.74, 6) is -2.20. The van der Waals surface area contributed by atoms with Crippen LogP contribution in [0.25, 0.3) is 0 Å². The van der Waals surface area contributed by atoms with Crippen molar-refractivity contribution < 1.29 is 32.5 Å². The molecular formula is C20H25N7O7S3. The van der Waals surface area contributed by atoms with E-state index in [0.29, 0.717) is 11.3 Å². The number of fused-ring (bicyclic) bond motifs is 1. The molecule has 0 radical (unpaired) electrons. The minimum atomic E-state index is -4.24. The first-order valence-electron chi connectivity index (χ1n) is 11.0. The number of nitrogens with zero attached hydrogens (tertiary/aromatic N) is 6. The number of hydrogen-bond acceptors (Lipinski definition) is 11. The molecule has 0 saturated carbocycles. The summed E-state index contributed by atoms with van der Waals surface area (Å²) in [5, 5.41) is 20.9. The Balaban J connectivity index is 1.50. The fraction of sp³-hybridized carbons (Fsp3) is 0.500. The van der Waals surface area contributed by atoms with E-state index in [4.69, 9.17) is 10.3 Å². The molecule has 14 nitrogen and oxygen atoms in total. The zero-order valence-electron chi connectivity index (χ0n) is 19.6. The number of para-hydroxylation sites is 1. The summed E-state index contributed by atoms with van der Waals surface area (Å²) in [6, 6.07) is 6.30. The van der Waals surface area contributed by atoms with E-state index >= 15 is 0 Å². The second kappa shape index (κ2) is 10.6. The number of aryl methyl sites for hydroxylation is 1. The van der Waals surface area contributed by atoms with Crippen LogP contribution in [0.2, 0.25) is 0 Å². The van der Waals surface area contributed by atoms with Crippen LogP contribution in [0.5, 0.6) is 0 Å². The lowest BCUT2D eigenvalue weighted by atomic mass is 9.89. The standard InChI is InChI=1S/C20H25N7O7S3/c1-12(28)27(14-5-3-2-4-13(14)8-21)15-16(29)25-9-20(18(30)31,10-35-17(15)25)11-36-19-22-23-24-26(19)6-7-37(32,33)34/h2-5,15,17H,6-11,21H2,1H3,(H,30,31)(H,32,33,34)/t15?,17-,20?/m1/s1. The Hall–Kier alpha value is -2.73. The lowest BCUT2D eigenvalue weighted by Crippen LogP contribution is -2.74. The zero-order chi connectivity index (χ0) is 27.0. The Bertz CT molecular complexity index is 1320. The number of carbonyl (C=O) groups is 3. The first-order chi connectivity index (χ1) is 17.5. The predicted molar refractivity (Wildman–Crippen MR) is 134 cm³/mol. The highest BCUT2D eigenvalue weighted by atomic mass is 32.2. The fourth-order valence-electron chi connectivity index (χ4n) is 4.27. The molecule has 1 aromatic heterocycles. The molecule has 0 spiro atoms. The van der Waals surface area contributed by atoms with Crippen molar-refractivity contribution in [3.05, 3.63) is 29.8 Å². The first-order valence-corrected chi connectivity index (χ1v) is 14.7. The quantitative estimate of drug-likeness (QED) is 0.188. The van der Waals surface area contributed by atoms with Gasteiger partial charge in [-0.05, 0) is 22.1 Å². The molecule has 2 aromatic rings. The van der Waals surface area contributed by atoms with Gasteiger partial charge in [0, 0.05) is 37.2 Å². The number of thioether (sulfide) groups is 2. The summed E-state index contributed by atoms with van der Waals surface area (Å²) >= 11 is 2.30. The van der Waals surface area contributed by atoms with Crippen molar-refractivity contribution in [2.24, 2.45) is 11.1 Å². The van der Waals surface area contributed by atoms with Crippen molar-refractivity contribution in [3.8, 4) is 0 Å². The molecule has 2 unspecified atom stereocenters. The smallest absolute Gasteiger partial charge is 0.313 e. The third-order valence-electron chi connectivity index (χ3n) is 6.20. The number of amides is 2. The number of carbonyl (C=O) groups excluding carboxylic acids is 2. The van der Waals surface area contributed by atoms with E-state index in [2.05, 4.69) is 15.5 Å². The van der Waals surface area contributed by atoms with Gasteiger partial charge in [0.15, 0.2) is 0 Å². The van der Waals surface area contributed by atoms with Gasteiger partial charge in [-0.3, -0.25) is 23.8 Å². The third-order valence-corrected chi connectivity index (χ3v) is 9.72. The molecule has 0 bridgehead atoms. The van der Waals surface area contributed by atoms with E-state index < -0.39 is 38.7 Å². The fourth-order valence-corrected chi connectivity index (χ4v) is 7.48. The number of hydrogen-bond donors (Lipinski definition) is 3. The maximum Gasteiger partial charge on any atom is 0.313 e. The molecule has 4 rings (SSSR count). The Labute approximate surface area is 220 Å². The van der Waals surface area contributed by atoms with Crippen molar-refractivity contribution in [2.75, 3.05) is 28.7 Å². The predicted octanol–water partition coefficient (Wildman–Crippen LogP) is -0.480. The second-order valence-corrected chi connectivity index (χ2v) is 12.3. The van der Waals surface area contributed by atoms with E-state index in [1.54, 1.807) is 24.3 Å². The van der Waals surface area contributed by atoms with Crippen LogP contribution in [-0.4, -0.2) is 96.2 Å². The van der Waals surface area contributed by atoms with Gasteiger partial charge in [0.05, 0.1) is 12.3 Å². The molecule has 200 valence electrons. The summed E-state index contributed by atoms with van der Waals surface area (Å²) in [6.45, 7) is 1.29.